The van der Waals surface area contributed by atoms with Gasteiger partial charge in [0, 0.05) is 18.8 Å². The summed E-state index contributed by atoms with van der Waals surface area (Å²) < 4.78 is 2.45. The van der Waals surface area contributed by atoms with Gasteiger partial charge in [0.2, 0.25) is 0 Å². The van der Waals surface area contributed by atoms with Crippen molar-refractivity contribution in [2.45, 2.75) is 36.9 Å². The van der Waals surface area contributed by atoms with Gasteiger partial charge in [-0.3, -0.25) is 9.36 Å². The highest BCUT2D eigenvalue weighted by Crippen LogP contribution is 2.24. The van der Waals surface area contributed by atoms with Crippen LogP contribution in [0.15, 0.2) is 21.4 Å². The molecule has 3 heterocycles. The van der Waals surface area contributed by atoms with Crippen molar-refractivity contribution < 1.29 is 0 Å². The molecule has 0 N–H and O–H groups in total. The first-order chi connectivity index (χ1) is 10.2. The third kappa shape index (κ3) is 3.17. The summed E-state index contributed by atoms with van der Waals surface area (Å²) in [5.41, 5.74) is 0.910. The largest absolute Gasteiger partial charge is 0.303 e. The second kappa shape index (κ2) is 6.50. The summed E-state index contributed by atoms with van der Waals surface area (Å²) in [4.78, 5) is 19.3. The first-order valence-corrected chi connectivity index (χ1v) is 9.30. The molecule has 0 aromatic carbocycles. The van der Waals surface area contributed by atoms with E-state index >= 15 is 0 Å². The molecule has 1 aliphatic heterocycles. The van der Waals surface area contributed by atoms with Gasteiger partial charge in [0.25, 0.3) is 5.56 Å². The van der Waals surface area contributed by atoms with Gasteiger partial charge in [-0.1, -0.05) is 18.2 Å². The number of hydrogen-bond acceptors (Lipinski definition) is 5. The van der Waals surface area contributed by atoms with E-state index in [1.165, 1.54) is 43.6 Å². The Balaban J connectivity index is 1.67. The van der Waals surface area contributed by atoms with E-state index < -0.39 is 0 Å². The Hall–Kier alpha value is -0.850. The van der Waals surface area contributed by atoms with Crippen LogP contribution in [0.1, 0.15) is 25.7 Å². The second-order valence-corrected chi connectivity index (χ2v) is 7.64. The molecule has 2 aromatic heterocycles. The van der Waals surface area contributed by atoms with Gasteiger partial charge in [-0.25, -0.2) is 4.98 Å². The van der Waals surface area contributed by atoms with E-state index in [-0.39, 0.29) is 5.56 Å². The van der Waals surface area contributed by atoms with Gasteiger partial charge in [0.1, 0.15) is 4.70 Å². The van der Waals surface area contributed by atoms with Crippen LogP contribution in [0.25, 0.3) is 10.2 Å². The van der Waals surface area contributed by atoms with Crippen LogP contribution in [0.4, 0.5) is 0 Å². The van der Waals surface area contributed by atoms with Crippen molar-refractivity contribution in [1.29, 1.82) is 0 Å². The number of hydrogen-bond donors (Lipinski definition) is 0. The molecule has 0 aliphatic carbocycles. The monoisotopic (exact) mass is 323 g/mol. The standard InChI is InChI=1S/C15H21N3OS2/c1-17-8-4-3-5-11(17)6-9-21-15-16-12-7-10-20-13(12)14(19)18(15)2/h7,10-11H,3-6,8-9H2,1-2H3. The first kappa shape index (κ1) is 15.1. The molecule has 0 radical (unpaired) electrons. The number of thioether (sulfide) groups is 1. The van der Waals surface area contributed by atoms with E-state index in [9.17, 15) is 4.79 Å². The maximum Gasteiger partial charge on any atom is 0.271 e. The zero-order valence-electron chi connectivity index (χ0n) is 12.5. The Labute approximate surface area is 133 Å². The molecule has 0 spiro atoms. The lowest BCUT2D eigenvalue weighted by molar-refractivity contribution is 0.182. The predicted octanol–water partition coefficient (Wildman–Crippen LogP) is 2.96. The van der Waals surface area contributed by atoms with Gasteiger partial charge in [0.15, 0.2) is 5.16 Å². The molecule has 1 unspecified atom stereocenters. The fraction of sp³-hybridized carbons (Fsp3) is 0.600. The van der Waals surface area contributed by atoms with Crippen molar-refractivity contribution in [3.8, 4) is 0 Å². The number of likely N-dealkylation sites (tertiary alicyclic amines) is 1. The minimum atomic E-state index is 0.0762. The van der Waals surface area contributed by atoms with Crippen LogP contribution < -0.4 is 5.56 Å². The number of piperidine rings is 1. The molecule has 2 aromatic rings. The van der Waals surface area contributed by atoms with Gasteiger partial charge in [-0.15, -0.1) is 11.3 Å². The van der Waals surface area contributed by atoms with Gasteiger partial charge in [-0.2, -0.15) is 0 Å². The van der Waals surface area contributed by atoms with E-state index in [1.54, 1.807) is 16.3 Å². The highest BCUT2D eigenvalue weighted by atomic mass is 32.2. The summed E-state index contributed by atoms with van der Waals surface area (Å²) in [7, 11) is 4.05. The zero-order valence-corrected chi connectivity index (χ0v) is 14.2. The summed E-state index contributed by atoms with van der Waals surface area (Å²) in [5, 5.41) is 2.77. The Morgan fingerprint density at radius 2 is 2.29 bits per heavy atom. The highest BCUT2D eigenvalue weighted by Gasteiger charge is 2.18. The number of rotatable bonds is 4. The summed E-state index contributed by atoms with van der Waals surface area (Å²) >= 11 is 3.18. The van der Waals surface area contributed by atoms with Crippen LogP contribution >= 0.6 is 23.1 Å². The number of thiophene rings is 1. The molecule has 0 amide bonds. The second-order valence-electron chi connectivity index (χ2n) is 5.66. The van der Waals surface area contributed by atoms with E-state index in [1.807, 2.05) is 18.5 Å². The van der Waals surface area contributed by atoms with Crippen molar-refractivity contribution >= 4 is 33.3 Å². The molecule has 0 bridgehead atoms. The Morgan fingerprint density at radius 1 is 1.43 bits per heavy atom. The normalized spacial score (nSPS) is 20.2. The fourth-order valence-electron chi connectivity index (χ4n) is 2.89. The maximum absolute atomic E-state index is 12.2. The lowest BCUT2D eigenvalue weighted by Crippen LogP contribution is -2.36. The smallest absolute Gasteiger partial charge is 0.271 e. The Bertz CT molecular complexity index is 679. The molecule has 3 rings (SSSR count). The van der Waals surface area contributed by atoms with Gasteiger partial charge in [0.05, 0.1) is 5.52 Å². The first-order valence-electron chi connectivity index (χ1n) is 7.44. The zero-order chi connectivity index (χ0) is 14.8. The van der Waals surface area contributed by atoms with Crippen molar-refractivity contribution in [3.63, 3.8) is 0 Å². The molecule has 1 saturated heterocycles. The number of fused-ring (bicyclic) bond motifs is 1. The van der Waals surface area contributed by atoms with E-state index in [4.69, 9.17) is 0 Å². The minimum Gasteiger partial charge on any atom is -0.303 e. The summed E-state index contributed by atoms with van der Waals surface area (Å²) in [5.74, 6) is 1.02. The van der Waals surface area contributed by atoms with Crippen molar-refractivity contribution in [3.05, 3.63) is 21.8 Å². The van der Waals surface area contributed by atoms with Crippen molar-refractivity contribution in [2.24, 2.45) is 7.05 Å². The molecule has 4 nitrogen and oxygen atoms in total. The highest BCUT2D eigenvalue weighted by molar-refractivity contribution is 7.99. The maximum atomic E-state index is 12.2. The molecule has 1 fully saturated rings. The van der Waals surface area contributed by atoms with Gasteiger partial charge >= 0.3 is 0 Å². The van der Waals surface area contributed by atoms with Gasteiger partial charge in [-0.05, 0) is 44.3 Å². The van der Waals surface area contributed by atoms with Gasteiger partial charge < -0.3 is 4.90 Å². The van der Waals surface area contributed by atoms with Crippen LogP contribution in [0.2, 0.25) is 0 Å². The van der Waals surface area contributed by atoms with E-state index in [0.29, 0.717) is 6.04 Å². The SMILES string of the molecule is CN1CCCCC1CCSc1nc2ccsc2c(=O)n1C. The fourth-order valence-corrected chi connectivity index (χ4v) is 4.71. The number of aromatic nitrogens is 2. The topological polar surface area (TPSA) is 38.1 Å². The van der Waals surface area contributed by atoms with Crippen LogP contribution in [0.5, 0.6) is 0 Å². The molecule has 1 atom stereocenters. The average Bonchev–Trinajstić information content (AvgIpc) is 2.94. The molecule has 1 aliphatic rings. The molecule has 114 valence electrons. The van der Waals surface area contributed by atoms with Crippen molar-refractivity contribution in [2.75, 3.05) is 19.3 Å². The Morgan fingerprint density at radius 3 is 3.10 bits per heavy atom. The average molecular weight is 323 g/mol. The third-order valence-corrected chi connectivity index (χ3v) is 6.20. The molecular weight excluding hydrogens is 302 g/mol. The quantitative estimate of drug-likeness (QED) is 0.640. The third-order valence-electron chi connectivity index (χ3n) is 4.25. The van der Waals surface area contributed by atoms with E-state index in [2.05, 4.69) is 16.9 Å². The Kier molecular flexibility index (Phi) is 4.66. The van der Waals surface area contributed by atoms with Crippen LogP contribution in [-0.4, -0.2) is 39.8 Å². The molecule has 6 heteroatoms. The summed E-state index contributed by atoms with van der Waals surface area (Å²) in [6.45, 7) is 1.22. The molecule has 0 saturated carbocycles. The summed E-state index contributed by atoms with van der Waals surface area (Å²) in [6, 6.07) is 2.62. The molecule has 21 heavy (non-hydrogen) atoms. The van der Waals surface area contributed by atoms with Crippen molar-refractivity contribution in [1.82, 2.24) is 14.5 Å². The lowest BCUT2D eigenvalue weighted by Gasteiger charge is -2.32. The lowest BCUT2D eigenvalue weighted by atomic mass is 10.0. The van der Waals surface area contributed by atoms with Crippen LogP contribution in [0.3, 0.4) is 0 Å². The van der Waals surface area contributed by atoms with Crippen LogP contribution in [0, 0.1) is 0 Å². The predicted molar refractivity (Wildman–Crippen MR) is 90.5 cm³/mol. The molecular formula is C15H21N3OS2. The minimum absolute atomic E-state index is 0.0762. The van der Waals surface area contributed by atoms with Crippen LogP contribution in [-0.2, 0) is 7.05 Å². The van der Waals surface area contributed by atoms with E-state index in [0.717, 1.165) is 21.1 Å². The number of nitrogens with zero attached hydrogens (tertiary/aromatic N) is 3. The summed E-state index contributed by atoms with van der Waals surface area (Å²) in [6.07, 6.45) is 5.13.